The highest BCUT2D eigenvalue weighted by Gasteiger charge is 2.21. The summed E-state index contributed by atoms with van der Waals surface area (Å²) in [6.07, 6.45) is 5.28. The lowest BCUT2D eigenvalue weighted by atomic mass is 10.1. The number of benzene rings is 1. The minimum atomic E-state index is 0.0244. The second kappa shape index (κ2) is 9.29. The highest BCUT2D eigenvalue weighted by atomic mass is 16.2. The van der Waals surface area contributed by atoms with Crippen LogP contribution >= 0.6 is 0 Å². The van der Waals surface area contributed by atoms with Crippen LogP contribution in [-0.2, 0) is 6.42 Å². The number of aryl methyl sites for hydroxylation is 1. The molecule has 2 heterocycles. The lowest BCUT2D eigenvalue weighted by molar-refractivity contribution is 0.0642. The molecule has 26 heavy (non-hydrogen) atoms. The molecule has 3 rings (SSSR count). The van der Waals surface area contributed by atoms with Crippen molar-refractivity contribution < 1.29 is 4.79 Å². The number of carbonyl (C=O) groups excluding carboxylic acids is 1. The van der Waals surface area contributed by atoms with Gasteiger partial charge >= 0.3 is 0 Å². The van der Waals surface area contributed by atoms with Crippen LogP contribution in [0.25, 0.3) is 0 Å². The number of hydrogen-bond donors (Lipinski definition) is 1. The summed E-state index contributed by atoms with van der Waals surface area (Å²) in [5, 5.41) is 3.22. The summed E-state index contributed by atoms with van der Waals surface area (Å²) in [4.78, 5) is 25.3. The van der Waals surface area contributed by atoms with E-state index in [9.17, 15) is 4.79 Å². The Bertz CT molecular complexity index is 681. The molecule has 2 aromatic rings. The maximum Gasteiger partial charge on any atom is 0.257 e. The molecule has 1 aliphatic heterocycles. The van der Waals surface area contributed by atoms with Gasteiger partial charge in [0.1, 0.15) is 0 Å². The normalized spacial score (nSPS) is 15.0. The van der Waals surface area contributed by atoms with Gasteiger partial charge in [-0.2, -0.15) is 0 Å². The van der Waals surface area contributed by atoms with Gasteiger partial charge in [-0.25, -0.2) is 9.97 Å². The Morgan fingerprint density at radius 1 is 1.08 bits per heavy atom. The summed E-state index contributed by atoms with van der Waals surface area (Å²) < 4.78 is 0. The van der Waals surface area contributed by atoms with Crippen LogP contribution in [0, 0.1) is 0 Å². The van der Waals surface area contributed by atoms with Crippen molar-refractivity contribution in [3.63, 3.8) is 0 Å². The van der Waals surface area contributed by atoms with E-state index in [0.717, 1.165) is 52.1 Å². The zero-order valence-electron chi connectivity index (χ0n) is 15.4. The van der Waals surface area contributed by atoms with Crippen molar-refractivity contribution in [2.75, 3.05) is 44.6 Å². The molecule has 138 valence electrons. The summed E-state index contributed by atoms with van der Waals surface area (Å²) in [6, 6.07) is 10.4. The van der Waals surface area contributed by atoms with Gasteiger partial charge in [-0.1, -0.05) is 37.3 Å². The van der Waals surface area contributed by atoms with Crippen LogP contribution in [0.3, 0.4) is 0 Å². The molecule has 6 heteroatoms. The third-order valence-corrected chi connectivity index (χ3v) is 4.77. The molecule has 1 N–H and O–H groups in total. The van der Waals surface area contributed by atoms with Crippen LogP contribution in [0.4, 0.5) is 5.95 Å². The minimum Gasteiger partial charge on any atom is -0.354 e. The zero-order chi connectivity index (χ0) is 18.2. The molecule has 1 saturated heterocycles. The molecule has 0 spiro atoms. The number of carbonyl (C=O) groups is 1. The van der Waals surface area contributed by atoms with Gasteiger partial charge in [0.15, 0.2) is 0 Å². The number of anilines is 1. The molecular weight excluding hydrogens is 326 g/mol. The average molecular weight is 353 g/mol. The fourth-order valence-electron chi connectivity index (χ4n) is 3.12. The quantitative estimate of drug-likeness (QED) is 0.774. The molecule has 1 aromatic heterocycles. The zero-order valence-corrected chi connectivity index (χ0v) is 15.4. The Labute approximate surface area is 155 Å². The fourth-order valence-corrected chi connectivity index (χ4v) is 3.12. The number of aromatic nitrogens is 2. The van der Waals surface area contributed by atoms with Gasteiger partial charge in [0.2, 0.25) is 5.95 Å². The third kappa shape index (κ3) is 5.02. The lowest BCUT2D eigenvalue weighted by Gasteiger charge is -2.33. The number of piperazine rings is 1. The number of likely N-dealkylation sites (N-methyl/N-ethyl adjacent to an activating group) is 1. The minimum absolute atomic E-state index is 0.0244. The summed E-state index contributed by atoms with van der Waals surface area (Å²) in [7, 11) is 0. The molecule has 6 nitrogen and oxygen atoms in total. The van der Waals surface area contributed by atoms with E-state index in [2.05, 4.69) is 51.4 Å². The van der Waals surface area contributed by atoms with E-state index in [1.807, 2.05) is 11.0 Å². The molecule has 0 atom stereocenters. The number of nitrogens with one attached hydrogen (secondary N) is 1. The molecule has 0 radical (unpaired) electrons. The Kier molecular flexibility index (Phi) is 6.55. The van der Waals surface area contributed by atoms with Crippen LogP contribution in [0.2, 0.25) is 0 Å². The first-order chi connectivity index (χ1) is 12.8. The van der Waals surface area contributed by atoms with E-state index < -0.39 is 0 Å². The summed E-state index contributed by atoms with van der Waals surface area (Å²) in [5.41, 5.74) is 1.89. The van der Waals surface area contributed by atoms with Crippen molar-refractivity contribution in [3.05, 3.63) is 53.9 Å². The molecular formula is C20H27N5O. The largest absolute Gasteiger partial charge is 0.354 e. The van der Waals surface area contributed by atoms with E-state index in [-0.39, 0.29) is 5.91 Å². The first-order valence-corrected chi connectivity index (χ1v) is 9.37. The SMILES string of the molecule is CCN1CCN(C(=O)c2cnc(NCCCc3ccccc3)nc2)CC1. The smallest absolute Gasteiger partial charge is 0.257 e. The second-order valence-corrected chi connectivity index (χ2v) is 6.54. The van der Waals surface area contributed by atoms with Crippen LogP contribution in [-0.4, -0.2) is 64.9 Å². The van der Waals surface area contributed by atoms with Crippen molar-refractivity contribution in [1.82, 2.24) is 19.8 Å². The lowest BCUT2D eigenvalue weighted by Crippen LogP contribution is -2.48. The van der Waals surface area contributed by atoms with Crippen molar-refractivity contribution in [3.8, 4) is 0 Å². The van der Waals surface area contributed by atoms with Crippen LogP contribution in [0.1, 0.15) is 29.3 Å². The number of amides is 1. The summed E-state index contributed by atoms with van der Waals surface area (Å²) in [6.45, 7) is 7.40. The first kappa shape index (κ1) is 18.3. The highest BCUT2D eigenvalue weighted by molar-refractivity contribution is 5.93. The molecule has 0 aliphatic carbocycles. The summed E-state index contributed by atoms with van der Waals surface area (Å²) in [5.74, 6) is 0.599. The molecule has 1 aromatic carbocycles. The highest BCUT2D eigenvalue weighted by Crippen LogP contribution is 2.09. The van der Waals surface area contributed by atoms with E-state index in [1.165, 1.54) is 5.56 Å². The van der Waals surface area contributed by atoms with Crippen LogP contribution in [0.15, 0.2) is 42.7 Å². The Hall–Kier alpha value is -2.47. The van der Waals surface area contributed by atoms with Crippen molar-refractivity contribution >= 4 is 11.9 Å². The van der Waals surface area contributed by atoms with Gasteiger partial charge in [0.05, 0.1) is 5.56 Å². The summed E-state index contributed by atoms with van der Waals surface area (Å²) >= 11 is 0. The Balaban J connectivity index is 1.43. The Morgan fingerprint density at radius 3 is 2.42 bits per heavy atom. The maximum absolute atomic E-state index is 12.5. The van der Waals surface area contributed by atoms with Crippen molar-refractivity contribution in [2.24, 2.45) is 0 Å². The molecule has 0 saturated carbocycles. The predicted molar refractivity (Wildman–Crippen MR) is 103 cm³/mol. The standard InChI is InChI=1S/C20H27N5O/c1-2-24-11-13-25(14-12-24)19(26)18-15-22-20(23-16-18)21-10-6-9-17-7-4-3-5-8-17/h3-5,7-8,15-16H,2,6,9-14H2,1H3,(H,21,22,23). The monoisotopic (exact) mass is 353 g/mol. The third-order valence-electron chi connectivity index (χ3n) is 4.77. The number of hydrogen-bond acceptors (Lipinski definition) is 5. The van der Waals surface area contributed by atoms with E-state index in [1.54, 1.807) is 12.4 Å². The topological polar surface area (TPSA) is 61.4 Å². The van der Waals surface area contributed by atoms with Gasteiger partial charge in [-0.05, 0) is 24.9 Å². The first-order valence-electron chi connectivity index (χ1n) is 9.37. The van der Waals surface area contributed by atoms with Crippen molar-refractivity contribution in [1.29, 1.82) is 0 Å². The predicted octanol–water partition coefficient (Wildman–Crippen LogP) is 2.30. The average Bonchev–Trinajstić information content (AvgIpc) is 2.72. The van der Waals surface area contributed by atoms with E-state index >= 15 is 0 Å². The van der Waals surface area contributed by atoms with E-state index in [4.69, 9.17) is 0 Å². The van der Waals surface area contributed by atoms with Crippen molar-refractivity contribution in [2.45, 2.75) is 19.8 Å². The van der Waals surface area contributed by atoms with Crippen LogP contribution < -0.4 is 5.32 Å². The molecule has 1 amide bonds. The second-order valence-electron chi connectivity index (χ2n) is 6.54. The molecule has 0 bridgehead atoms. The van der Waals surface area contributed by atoms with Gasteiger partial charge in [0, 0.05) is 45.1 Å². The van der Waals surface area contributed by atoms with Gasteiger partial charge in [0.25, 0.3) is 5.91 Å². The number of rotatable bonds is 7. The Morgan fingerprint density at radius 2 is 1.77 bits per heavy atom. The molecule has 1 fully saturated rings. The maximum atomic E-state index is 12.5. The van der Waals surface area contributed by atoms with Gasteiger partial charge in [-0.3, -0.25) is 4.79 Å². The molecule has 0 unspecified atom stereocenters. The van der Waals surface area contributed by atoms with Gasteiger partial charge < -0.3 is 15.1 Å². The fraction of sp³-hybridized carbons (Fsp3) is 0.450. The number of nitrogens with zero attached hydrogens (tertiary/aromatic N) is 4. The van der Waals surface area contributed by atoms with Gasteiger partial charge in [-0.15, -0.1) is 0 Å². The van der Waals surface area contributed by atoms with Crippen LogP contribution in [0.5, 0.6) is 0 Å². The molecule has 1 aliphatic rings. The van der Waals surface area contributed by atoms with E-state index in [0.29, 0.717) is 11.5 Å².